The van der Waals surface area contributed by atoms with Crippen molar-refractivity contribution in [3.05, 3.63) is 42.5 Å². The Morgan fingerprint density at radius 3 is 2.26 bits per heavy atom. The Kier molecular flexibility index (Phi) is 4.32. The molecule has 1 aromatic heterocycles. The molecule has 1 amide bonds. The second-order valence-corrected chi connectivity index (χ2v) is 7.97. The lowest BCUT2D eigenvalue weighted by molar-refractivity contribution is 0.102. The number of benzene rings is 1. The molecule has 0 saturated carbocycles. The lowest BCUT2D eigenvalue weighted by Gasteiger charge is -2.12. The third-order valence-corrected chi connectivity index (χ3v) is 5.03. The van der Waals surface area contributed by atoms with Gasteiger partial charge in [0.05, 0.1) is 13.1 Å². The zero-order valence-electron chi connectivity index (χ0n) is 10.4. The summed E-state index contributed by atoms with van der Waals surface area (Å²) < 4.78 is 1.72. The van der Waals surface area contributed by atoms with Crippen LogP contribution < -0.4 is 11.1 Å². The normalized spacial score (nSPS) is 10.5. The summed E-state index contributed by atoms with van der Waals surface area (Å²) in [4.78, 5) is 12.3. The highest BCUT2D eigenvalue weighted by molar-refractivity contribution is 9.12. The van der Waals surface area contributed by atoms with E-state index in [4.69, 9.17) is 5.73 Å². The number of hydrogen-bond acceptors (Lipinski definition) is 3. The van der Waals surface area contributed by atoms with Gasteiger partial charge in [-0.15, -0.1) is 11.3 Å². The fourth-order valence-corrected chi connectivity index (χ4v) is 4.66. The van der Waals surface area contributed by atoms with Crippen molar-refractivity contribution in [2.45, 2.75) is 13.8 Å². The molecule has 0 bridgehead atoms. The Labute approximate surface area is 132 Å². The molecule has 0 unspecified atom stereocenters. The first-order valence-corrected chi connectivity index (χ1v) is 7.91. The molecule has 1 heterocycles. The molecule has 0 saturated heterocycles. The first-order chi connectivity index (χ1) is 8.88. The second-order valence-electron chi connectivity index (χ2n) is 4.22. The van der Waals surface area contributed by atoms with Gasteiger partial charge in [-0.1, -0.05) is 0 Å². The molecule has 3 N–H and O–H groups in total. The third kappa shape index (κ3) is 3.19. The van der Waals surface area contributed by atoms with E-state index in [1.807, 2.05) is 26.0 Å². The van der Waals surface area contributed by atoms with Gasteiger partial charge in [0.25, 0.3) is 5.91 Å². The molecule has 19 heavy (non-hydrogen) atoms. The topological polar surface area (TPSA) is 55.1 Å². The smallest absolute Gasteiger partial charge is 0.257 e. The number of halogens is 2. The van der Waals surface area contributed by atoms with Gasteiger partial charge in [-0.25, -0.2) is 0 Å². The number of carbonyl (C=O) groups excluding carboxylic acids is 1. The Morgan fingerprint density at radius 2 is 1.79 bits per heavy atom. The number of amides is 1. The summed E-state index contributed by atoms with van der Waals surface area (Å²) in [7, 11) is 0. The third-order valence-electron chi connectivity index (χ3n) is 2.69. The molecule has 0 atom stereocenters. The van der Waals surface area contributed by atoms with E-state index in [-0.39, 0.29) is 5.91 Å². The highest BCUT2D eigenvalue weighted by atomic mass is 79.9. The van der Waals surface area contributed by atoms with Gasteiger partial charge in [-0.05, 0) is 75.0 Å². The predicted octanol–water partition coefficient (Wildman–Crippen LogP) is 4.72. The Bertz CT molecular complexity index is 629. The van der Waals surface area contributed by atoms with Crippen LogP contribution in [0.15, 0.2) is 25.8 Å². The van der Waals surface area contributed by atoms with Gasteiger partial charge >= 0.3 is 0 Å². The van der Waals surface area contributed by atoms with Crippen molar-refractivity contribution < 1.29 is 4.79 Å². The van der Waals surface area contributed by atoms with Gasteiger partial charge in [-0.2, -0.15) is 0 Å². The van der Waals surface area contributed by atoms with Gasteiger partial charge in [0, 0.05) is 11.4 Å². The zero-order chi connectivity index (χ0) is 14.2. The van der Waals surface area contributed by atoms with E-state index >= 15 is 0 Å². The maximum absolute atomic E-state index is 12.3. The number of nitrogen functional groups attached to an aromatic ring is 1. The highest BCUT2D eigenvalue weighted by Gasteiger charge is 2.15. The van der Waals surface area contributed by atoms with Crippen LogP contribution in [0.3, 0.4) is 0 Å². The predicted molar refractivity (Wildman–Crippen MR) is 88.0 cm³/mol. The highest BCUT2D eigenvalue weighted by Crippen LogP contribution is 2.33. The van der Waals surface area contributed by atoms with Crippen molar-refractivity contribution in [1.82, 2.24) is 0 Å². The summed E-state index contributed by atoms with van der Waals surface area (Å²) in [5.41, 5.74) is 9.82. The van der Waals surface area contributed by atoms with Crippen molar-refractivity contribution in [1.29, 1.82) is 0 Å². The molecular weight excluding hydrogens is 392 g/mol. The Balaban J connectivity index is 2.32. The van der Waals surface area contributed by atoms with E-state index < -0.39 is 0 Å². The van der Waals surface area contributed by atoms with Gasteiger partial charge in [0.15, 0.2) is 0 Å². The van der Waals surface area contributed by atoms with Crippen LogP contribution in [0.25, 0.3) is 0 Å². The van der Waals surface area contributed by atoms with Crippen LogP contribution in [-0.4, -0.2) is 5.91 Å². The van der Waals surface area contributed by atoms with E-state index in [0.717, 1.165) is 24.4 Å². The van der Waals surface area contributed by atoms with Crippen molar-refractivity contribution in [3.63, 3.8) is 0 Å². The lowest BCUT2D eigenvalue weighted by Crippen LogP contribution is -2.13. The number of hydrogen-bond donors (Lipinski definition) is 2. The lowest BCUT2D eigenvalue weighted by atomic mass is 10.1. The van der Waals surface area contributed by atoms with Gasteiger partial charge in [0.2, 0.25) is 0 Å². The minimum absolute atomic E-state index is 0.134. The van der Waals surface area contributed by atoms with Crippen LogP contribution in [-0.2, 0) is 0 Å². The Hall–Kier alpha value is -0.850. The first-order valence-electron chi connectivity index (χ1n) is 5.51. The van der Waals surface area contributed by atoms with Gasteiger partial charge in [-0.3, -0.25) is 4.79 Å². The van der Waals surface area contributed by atoms with Crippen molar-refractivity contribution in [2.75, 3.05) is 11.1 Å². The molecule has 6 heteroatoms. The number of carbonyl (C=O) groups is 1. The molecule has 1 aromatic carbocycles. The monoisotopic (exact) mass is 402 g/mol. The van der Waals surface area contributed by atoms with Crippen LogP contribution in [0, 0.1) is 13.8 Å². The number of thiophene rings is 1. The largest absolute Gasteiger partial charge is 0.399 e. The number of aryl methyl sites for hydroxylation is 2. The average Bonchev–Trinajstić information content (AvgIpc) is 2.62. The number of rotatable bonds is 2. The quantitative estimate of drug-likeness (QED) is 0.712. The maximum Gasteiger partial charge on any atom is 0.257 e. The molecule has 0 fully saturated rings. The van der Waals surface area contributed by atoms with Gasteiger partial charge in [0.1, 0.15) is 0 Å². The summed E-state index contributed by atoms with van der Waals surface area (Å²) in [6, 6.07) is 5.49. The van der Waals surface area contributed by atoms with E-state index in [9.17, 15) is 4.79 Å². The van der Waals surface area contributed by atoms with Crippen molar-refractivity contribution in [2.24, 2.45) is 0 Å². The fourth-order valence-electron chi connectivity index (χ4n) is 1.87. The zero-order valence-corrected chi connectivity index (χ0v) is 14.4. The molecule has 0 radical (unpaired) electrons. The summed E-state index contributed by atoms with van der Waals surface area (Å²) in [6.07, 6.45) is 0. The number of anilines is 2. The van der Waals surface area contributed by atoms with Crippen LogP contribution in [0.2, 0.25) is 0 Å². The number of nitrogens with two attached hydrogens (primary N) is 1. The molecule has 0 aliphatic rings. The van der Waals surface area contributed by atoms with Crippen LogP contribution in [0.1, 0.15) is 21.5 Å². The number of nitrogens with one attached hydrogen (secondary N) is 1. The Morgan fingerprint density at radius 1 is 1.21 bits per heavy atom. The van der Waals surface area contributed by atoms with Crippen molar-refractivity contribution >= 4 is 60.5 Å². The molecule has 2 rings (SSSR count). The molecule has 0 spiro atoms. The summed E-state index contributed by atoms with van der Waals surface area (Å²) in [6.45, 7) is 3.86. The van der Waals surface area contributed by atoms with E-state index in [0.29, 0.717) is 11.3 Å². The maximum atomic E-state index is 12.3. The van der Waals surface area contributed by atoms with Crippen molar-refractivity contribution in [3.8, 4) is 0 Å². The van der Waals surface area contributed by atoms with Crippen LogP contribution in [0.5, 0.6) is 0 Å². The van der Waals surface area contributed by atoms with Crippen LogP contribution in [0.4, 0.5) is 11.4 Å². The molecule has 0 aliphatic carbocycles. The molecule has 100 valence electrons. The first kappa shape index (κ1) is 14.6. The molecule has 0 aliphatic heterocycles. The molecular formula is C13H12Br2N2OS. The minimum Gasteiger partial charge on any atom is -0.399 e. The molecule has 2 aromatic rings. The molecule has 3 nitrogen and oxygen atoms in total. The second kappa shape index (κ2) is 5.64. The van der Waals surface area contributed by atoms with E-state index in [1.165, 1.54) is 11.3 Å². The summed E-state index contributed by atoms with van der Waals surface area (Å²) in [5.74, 6) is -0.134. The fraction of sp³-hybridized carbons (Fsp3) is 0.154. The van der Waals surface area contributed by atoms with E-state index in [1.54, 1.807) is 6.07 Å². The minimum atomic E-state index is -0.134. The summed E-state index contributed by atoms with van der Waals surface area (Å²) in [5, 5.41) is 2.94. The van der Waals surface area contributed by atoms with Crippen LogP contribution >= 0.6 is 43.2 Å². The van der Waals surface area contributed by atoms with E-state index in [2.05, 4.69) is 37.2 Å². The van der Waals surface area contributed by atoms with Gasteiger partial charge < -0.3 is 11.1 Å². The SMILES string of the molecule is Cc1cc(N)cc(C)c1NC(=O)c1cc(Br)sc1Br. The standard InChI is InChI=1S/C13H12Br2N2OS/c1-6-3-8(16)4-7(2)11(6)17-13(18)9-5-10(14)19-12(9)15/h3-5H,16H2,1-2H3,(H,17,18). The summed E-state index contributed by atoms with van der Waals surface area (Å²) >= 11 is 8.23. The average molecular weight is 404 g/mol.